The van der Waals surface area contributed by atoms with Gasteiger partial charge in [0.2, 0.25) is 10.0 Å². The summed E-state index contributed by atoms with van der Waals surface area (Å²) in [5.41, 5.74) is 3.23. The van der Waals surface area contributed by atoms with Gasteiger partial charge in [0.05, 0.1) is 11.3 Å². The molecule has 3 fully saturated rings. The third-order valence-corrected chi connectivity index (χ3v) is 10.6. The van der Waals surface area contributed by atoms with Crippen molar-refractivity contribution in [3.05, 3.63) is 23.6 Å². The number of anilines is 1. The first-order chi connectivity index (χ1) is 16.1. The Labute approximate surface area is 202 Å². The third-order valence-electron chi connectivity index (χ3n) is 8.59. The maximum Gasteiger partial charge on any atom is 0.417 e. The molecule has 1 saturated heterocycles. The third kappa shape index (κ3) is 4.34. The van der Waals surface area contributed by atoms with E-state index in [1.807, 2.05) is 13.8 Å². The lowest BCUT2D eigenvalue weighted by atomic mass is 9.69. The monoisotopic (exact) mass is 521 g/mol. The van der Waals surface area contributed by atoms with Crippen molar-refractivity contribution in [2.75, 3.05) is 30.3 Å². The Morgan fingerprint density at radius 3 is 2.54 bits per heavy atom. The number of aromatic nitrogens is 1. The van der Waals surface area contributed by atoms with Gasteiger partial charge in [-0.3, -0.25) is 0 Å². The van der Waals surface area contributed by atoms with Crippen molar-refractivity contribution in [2.24, 2.45) is 22.5 Å². The molecular formula is C22H31F4N5O3S. The van der Waals surface area contributed by atoms with Crippen LogP contribution in [0.15, 0.2) is 12.3 Å². The number of piperazine rings is 1. The number of fused-ring (bicyclic) bond motifs is 2. The first kappa shape index (κ1) is 25.9. The predicted octanol–water partition coefficient (Wildman–Crippen LogP) is 2.94. The summed E-state index contributed by atoms with van der Waals surface area (Å²) in [6.07, 6.45) is -1.92. The molecule has 2 heterocycles. The lowest BCUT2D eigenvalue weighted by Crippen LogP contribution is -2.58. The fraction of sp³-hybridized carbons (Fsp3) is 0.727. The van der Waals surface area contributed by atoms with Crippen LogP contribution in [0.25, 0.3) is 0 Å². The summed E-state index contributed by atoms with van der Waals surface area (Å²) in [6.45, 7) is 5.94. The average Bonchev–Trinajstić information content (AvgIpc) is 3.07. The number of nitrogens with zero attached hydrogens (tertiary/aromatic N) is 3. The van der Waals surface area contributed by atoms with Gasteiger partial charge in [-0.1, -0.05) is 13.8 Å². The number of carbonyl (C=O) groups excluding carboxylic acids is 1. The summed E-state index contributed by atoms with van der Waals surface area (Å²) >= 11 is 0. The smallest absolute Gasteiger partial charge is 0.352 e. The second-order valence-electron chi connectivity index (χ2n) is 10.6. The predicted molar refractivity (Wildman–Crippen MR) is 121 cm³/mol. The quantitative estimate of drug-likeness (QED) is 0.580. The Bertz CT molecular complexity index is 1110. The van der Waals surface area contributed by atoms with E-state index in [2.05, 4.69) is 10.3 Å². The van der Waals surface area contributed by atoms with E-state index in [1.54, 1.807) is 6.92 Å². The molecule has 0 aromatic carbocycles. The number of hydrogen-bond acceptors (Lipinski definition) is 5. The van der Waals surface area contributed by atoms with Gasteiger partial charge >= 0.3 is 12.2 Å². The van der Waals surface area contributed by atoms with Gasteiger partial charge in [0.1, 0.15) is 0 Å². The Kier molecular flexibility index (Phi) is 6.27. The van der Waals surface area contributed by atoms with Crippen LogP contribution in [0.5, 0.6) is 0 Å². The van der Waals surface area contributed by atoms with Crippen molar-refractivity contribution in [2.45, 2.75) is 58.3 Å². The lowest BCUT2D eigenvalue weighted by Gasteiger charge is -2.45. The molecule has 4 atom stereocenters. The molecule has 4 rings (SSSR count). The first-order valence-corrected chi connectivity index (χ1v) is 13.2. The number of carbonyl (C=O) groups is 1. The molecule has 13 heteroatoms. The highest BCUT2D eigenvalue weighted by Crippen LogP contribution is 2.66. The molecule has 3 aliphatic rings. The van der Waals surface area contributed by atoms with Crippen molar-refractivity contribution in [1.29, 1.82) is 0 Å². The van der Waals surface area contributed by atoms with Crippen LogP contribution in [0, 0.1) is 22.6 Å². The molecule has 2 amide bonds. The molecule has 196 valence electrons. The molecule has 35 heavy (non-hydrogen) atoms. The zero-order valence-electron chi connectivity index (χ0n) is 19.9. The Balaban J connectivity index is 1.52. The number of primary amides is 1. The standard InChI is InChI=1S/C22H31F4N5O3S/c1-13-11-30(6-7-31(13)18-16(23)8-15(10-28-18)22(24,25)26)35(33,34)12-21-5-4-14(20(21,2)3)9-17(21)29-19(27)32/h8,10,13-14,17H,4-7,9,11-12H2,1-3H3,(H3,27,29,32)/t13-,14+,17?,21+/m0/s1. The van der Waals surface area contributed by atoms with E-state index in [-0.39, 0.29) is 48.6 Å². The molecular weight excluding hydrogens is 490 g/mol. The zero-order chi connectivity index (χ0) is 26.0. The van der Waals surface area contributed by atoms with E-state index in [4.69, 9.17) is 5.73 Å². The van der Waals surface area contributed by atoms with Crippen LogP contribution in [-0.2, 0) is 16.2 Å². The maximum absolute atomic E-state index is 14.5. The Morgan fingerprint density at radius 1 is 1.31 bits per heavy atom. The zero-order valence-corrected chi connectivity index (χ0v) is 20.7. The Morgan fingerprint density at radius 2 is 2.00 bits per heavy atom. The van der Waals surface area contributed by atoms with Crippen LogP contribution >= 0.6 is 0 Å². The minimum Gasteiger partial charge on any atom is -0.352 e. The molecule has 2 aliphatic carbocycles. The first-order valence-electron chi connectivity index (χ1n) is 11.6. The van der Waals surface area contributed by atoms with Crippen LogP contribution in [0.3, 0.4) is 0 Å². The van der Waals surface area contributed by atoms with Gasteiger partial charge < -0.3 is 16.0 Å². The minimum absolute atomic E-state index is 0.0400. The number of nitrogens with one attached hydrogen (secondary N) is 1. The molecule has 2 bridgehead atoms. The molecule has 3 N–H and O–H groups in total. The highest BCUT2D eigenvalue weighted by molar-refractivity contribution is 7.89. The average molecular weight is 522 g/mol. The van der Waals surface area contributed by atoms with Crippen LogP contribution in [-0.4, -0.2) is 61.2 Å². The number of alkyl halides is 3. The van der Waals surface area contributed by atoms with Crippen molar-refractivity contribution in [1.82, 2.24) is 14.6 Å². The molecule has 1 aromatic heterocycles. The number of rotatable bonds is 5. The molecule has 0 spiro atoms. The van der Waals surface area contributed by atoms with Crippen LogP contribution in [0.1, 0.15) is 45.6 Å². The number of sulfonamides is 1. The molecule has 1 unspecified atom stereocenters. The summed E-state index contributed by atoms with van der Waals surface area (Å²) in [7, 11) is -3.77. The van der Waals surface area contributed by atoms with Gasteiger partial charge in [0, 0.05) is 43.3 Å². The number of urea groups is 1. The second-order valence-corrected chi connectivity index (χ2v) is 12.6. The lowest BCUT2D eigenvalue weighted by molar-refractivity contribution is -0.138. The van der Waals surface area contributed by atoms with E-state index in [0.717, 1.165) is 6.42 Å². The molecule has 8 nitrogen and oxygen atoms in total. The molecule has 1 aromatic rings. The van der Waals surface area contributed by atoms with Crippen LogP contribution < -0.4 is 16.0 Å². The summed E-state index contributed by atoms with van der Waals surface area (Å²) in [6, 6.07) is -1.12. The number of pyridine rings is 1. The van der Waals surface area contributed by atoms with Crippen molar-refractivity contribution < 1.29 is 30.8 Å². The highest BCUT2D eigenvalue weighted by atomic mass is 32.2. The SMILES string of the molecule is C[C@H]1CN(S(=O)(=O)C[C@]23CC[C@H](CC2NC(N)=O)C3(C)C)CCN1c1ncc(C(F)(F)F)cc1F. The van der Waals surface area contributed by atoms with E-state index in [0.29, 0.717) is 25.1 Å². The number of hydrogen-bond donors (Lipinski definition) is 2. The van der Waals surface area contributed by atoms with E-state index in [9.17, 15) is 30.8 Å². The van der Waals surface area contributed by atoms with Gasteiger partial charge in [0.25, 0.3) is 0 Å². The van der Waals surface area contributed by atoms with Crippen molar-refractivity contribution >= 4 is 21.9 Å². The summed E-state index contributed by atoms with van der Waals surface area (Å²) in [4.78, 5) is 16.8. The van der Waals surface area contributed by atoms with E-state index >= 15 is 0 Å². The fourth-order valence-electron chi connectivity index (χ4n) is 6.50. The topological polar surface area (TPSA) is 109 Å². The largest absolute Gasteiger partial charge is 0.417 e. The minimum atomic E-state index is -4.71. The summed E-state index contributed by atoms with van der Waals surface area (Å²) < 4.78 is 81.6. The van der Waals surface area contributed by atoms with Crippen molar-refractivity contribution in [3.8, 4) is 0 Å². The van der Waals surface area contributed by atoms with Gasteiger partial charge in [-0.05, 0) is 43.6 Å². The van der Waals surface area contributed by atoms with Gasteiger partial charge in [0.15, 0.2) is 11.6 Å². The Hall–Kier alpha value is -2.15. The van der Waals surface area contributed by atoms with Crippen molar-refractivity contribution in [3.63, 3.8) is 0 Å². The summed E-state index contributed by atoms with van der Waals surface area (Å²) in [5, 5.41) is 2.77. The second kappa shape index (κ2) is 8.46. The van der Waals surface area contributed by atoms with E-state index < -0.39 is 45.1 Å². The maximum atomic E-state index is 14.5. The molecule has 2 saturated carbocycles. The summed E-state index contributed by atoms with van der Waals surface area (Å²) in [5.74, 6) is -1.21. The number of halogens is 4. The highest BCUT2D eigenvalue weighted by Gasteiger charge is 2.65. The van der Waals surface area contributed by atoms with Gasteiger partial charge in [-0.15, -0.1) is 0 Å². The van der Waals surface area contributed by atoms with Crippen LogP contribution in [0.2, 0.25) is 0 Å². The molecule has 0 radical (unpaired) electrons. The number of nitrogens with two attached hydrogens (primary N) is 1. The van der Waals surface area contributed by atoms with Crippen LogP contribution in [0.4, 0.5) is 28.2 Å². The van der Waals surface area contributed by atoms with Gasteiger partial charge in [-0.2, -0.15) is 17.5 Å². The normalized spacial score (nSPS) is 31.1. The number of amides is 2. The molecule has 1 aliphatic heterocycles. The van der Waals surface area contributed by atoms with E-state index in [1.165, 1.54) is 9.21 Å². The fourth-order valence-corrected chi connectivity index (χ4v) is 8.85. The van der Waals surface area contributed by atoms with Gasteiger partial charge in [-0.25, -0.2) is 22.6 Å².